The average Bonchev–Trinajstić information content (AvgIpc) is 1.44. The van der Waals surface area contributed by atoms with Gasteiger partial charge in [0.05, 0.1) is 110 Å². The SMILES string of the molecule is C=CCOC(=O)C(N1C(=O)[C@H]([C@@H](C)O)[C@H]1CC(=O)c1ccc(CC(N)=O)cc1)=P(c1ccccc1)(c1ccccc1)c1ccccc1.C=CCOC(=O)C1=C(c2ccc(CC(N)=O)cc2)C[C@@H]2[C@@H]([C@@H](C)O)C(=O)N12.C=CCOC(=O)C1=C(c2ccc(CC(N)=O)cc2)C[C@@H]2[C@@H]([C@@H](C)O[Si](C)(C)C)C(=O)N12.C[C@@H](O)[C@H]1C(=O)N2C(C(=O)[O-])=C(c3ccc(CC(N)=O)cc3)C[C@H]12.[Na+]. The van der Waals surface area contributed by atoms with Gasteiger partial charge in [0.2, 0.25) is 47.3 Å². The number of rotatable bonds is 34. The molecular weight excluding hydrogens is 1710 g/mol. The van der Waals surface area contributed by atoms with Crippen LogP contribution in [-0.4, -0.2) is 194 Å². The van der Waals surface area contributed by atoms with Gasteiger partial charge in [-0.3, -0.25) is 43.2 Å². The summed E-state index contributed by atoms with van der Waals surface area (Å²) in [7, 11) is -1.82. The molecule has 130 heavy (non-hydrogen) atoms. The molecule has 7 aliphatic rings. The number of β-lactam (4-membered cyclic amide) rings is 4. The summed E-state index contributed by atoms with van der Waals surface area (Å²) in [6, 6.07) is 54.9. The maximum Gasteiger partial charge on any atom is 1.00 e. The summed E-state index contributed by atoms with van der Waals surface area (Å²) < 4.78 is 22.4. The second-order valence-corrected chi connectivity index (χ2v) is 41.2. The van der Waals surface area contributed by atoms with Crippen molar-refractivity contribution in [2.45, 2.75) is 147 Å². The third-order valence-electron chi connectivity index (χ3n) is 23.3. The Morgan fingerprint density at radius 1 is 0.446 bits per heavy atom. The van der Waals surface area contributed by atoms with Gasteiger partial charge >= 0.3 is 47.5 Å². The van der Waals surface area contributed by atoms with E-state index in [0.29, 0.717) is 47.1 Å². The monoisotopic (exact) mass is 1810 g/mol. The first kappa shape index (κ1) is 99.8. The number of nitrogens with two attached hydrogens (primary N) is 4. The molecule has 4 fully saturated rings. The van der Waals surface area contributed by atoms with E-state index in [-0.39, 0.29) is 152 Å². The number of aliphatic carboxylic acids is 1. The Bertz CT molecular complexity index is 5580. The van der Waals surface area contributed by atoms with Crippen LogP contribution in [0.5, 0.6) is 0 Å². The predicted molar refractivity (Wildman–Crippen MR) is 485 cm³/mol. The van der Waals surface area contributed by atoms with Crippen molar-refractivity contribution < 1.29 is 131 Å². The van der Waals surface area contributed by atoms with Crippen LogP contribution in [0.2, 0.25) is 19.6 Å². The number of hydrogen-bond acceptors (Lipinski definition) is 21. The van der Waals surface area contributed by atoms with E-state index in [1.807, 2.05) is 122 Å². The number of carbonyl (C=O) groups is 13. The number of carboxylic acids is 1. The van der Waals surface area contributed by atoms with Crippen LogP contribution < -0.4 is 73.5 Å². The number of benzene rings is 7. The van der Waals surface area contributed by atoms with Crippen LogP contribution in [0.3, 0.4) is 0 Å². The number of ether oxygens (including phenoxy) is 3. The van der Waals surface area contributed by atoms with Crippen molar-refractivity contribution in [3.8, 4) is 0 Å². The minimum Gasteiger partial charge on any atom is -0.543 e. The maximum atomic E-state index is 14.5. The molecular formula is C98H106N8NaO21PSi. The van der Waals surface area contributed by atoms with Gasteiger partial charge in [0.25, 0.3) is 0 Å². The van der Waals surface area contributed by atoms with Gasteiger partial charge in [0.15, 0.2) is 14.1 Å². The first-order valence-electron chi connectivity index (χ1n) is 42.1. The van der Waals surface area contributed by atoms with Crippen LogP contribution in [-0.2, 0) is 102 Å². The van der Waals surface area contributed by atoms with Gasteiger partial charge in [-0.15, -0.1) is 0 Å². The fraction of sp³-hybridized carbons (Fsp3) is 0.306. The quantitative estimate of drug-likeness (QED) is 0.00579. The first-order valence-corrected chi connectivity index (χ1v) is 47.3. The van der Waals surface area contributed by atoms with E-state index < -0.39 is 117 Å². The van der Waals surface area contributed by atoms with E-state index in [1.165, 1.54) is 46.8 Å². The molecule has 7 heterocycles. The van der Waals surface area contributed by atoms with E-state index in [1.54, 1.807) is 84.6 Å². The van der Waals surface area contributed by atoms with E-state index >= 15 is 0 Å². The fourth-order valence-corrected chi connectivity index (χ4v) is 23.6. The Balaban J connectivity index is 0.000000186. The largest absolute Gasteiger partial charge is 1.00 e. The molecule has 0 unspecified atom stereocenters. The Morgan fingerprint density at radius 3 is 1.07 bits per heavy atom. The van der Waals surface area contributed by atoms with Crippen molar-refractivity contribution in [3.05, 3.63) is 288 Å². The second kappa shape index (κ2) is 43.4. The molecule has 0 bridgehead atoms. The van der Waals surface area contributed by atoms with Crippen molar-refractivity contribution in [2.75, 3.05) is 19.8 Å². The minimum atomic E-state index is -3.17. The Morgan fingerprint density at radius 2 is 0.754 bits per heavy atom. The van der Waals surface area contributed by atoms with E-state index in [0.717, 1.165) is 49.3 Å². The minimum absolute atomic E-state index is 0. The molecule has 7 aliphatic heterocycles. The number of aliphatic hydroxyl groups excluding tert-OH is 3. The number of carbonyl (C=O) groups excluding carboxylic acids is 13. The maximum absolute atomic E-state index is 14.5. The number of ketones is 1. The molecule has 12 atom stereocenters. The third-order valence-corrected chi connectivity index (χ3v) is 28.7. The van der Waals surface area contributed by atoms with Gasteiger partial charge in [-0.2, -0.15) is 0 Å². The molecule has 11 N–H and O–H groups in total. The summed E-state index contributed by atoms with van der Waals surface area (Å²) in [4.78, 5) is 167. The molecule has 7 aromatic rings. The van der Waals surface area contributed by atoms with Crippen molar-refractivity contribution in [1.29, 1.82) is 0 Å². The van der Waals surface area contributed by atoms with E-state index in [2.05, 4.69) is 39.4 Å². The standard InChI is InChI=1S/C38H37N2O6P.C23H30N2O5Si.C20H22N2O5.C17H18N2O5.Na/c1-3-23-46-38(45)37(47(29-13-7-4-8-14-29,30-15-9-5-10-16-30)31-17-11-6-12-18-31)40-32(35(26(2)41)36(40)44)25-33(42)28-21-19-27(20-22-28)24-34(39)43;1-6-11-29-23(28)21-17(16-9-7-15(8-10-16)12-19(24)26)13-18-20(22(27)25(18)21)14(2)30-31(3,4)5;1-3-8-27-20(26)18-14(10-15-17(11(2)23)19(25)22(15)18)13-6-4-12(5-7-13)9-16(21)24;1-8(20)14-12-7-11(15(17(23)24)19(12)16(14)22)10-4-2-9(3-5-10)6-13(18)21;/h3-22,26,32,35,41H,1,23-25H2,2H3,(H2,39,43);6-10,14,18,20H,1,11-13H2,2-5H3,(H2,24,26);3-7,11,15,17,23H,1,8-10H2,2H3,(H2,21,24);2-5,8,12,14,20H,6-7H2,1H3,(H2,18,21)(H,23,24);/q;;;;+1/p-1/t26-,32-,35-;14-,18-,20-;11-,15-,17-;8-,12-,14-;/m1111./s1. The summed E-state index contributed by atoms with van der Waals surface area (Å²) in [6.45, 7) is 20.5. The smallest absolute Gasteiger partial charge is 0.543 e. The fourth-order valence-electron chi connectivity index (χ4n) is 17.9. The van der Waals surface area contributed by atoms with Crippen LogP contribution >= 0.6 is 6.89 Å². The zero-order valence-electron chi connectivity index (χ0n) is 73.7. The molecule has 4 saturated heterocycles. The number of nitrogens with zero attached hydrogens (tertiary/aromatic N) is 4. The van der Waals surface area contributed by atoms with Crippen molar-refractivity contribution in [1.82, 2.24) is 19.6 Å². The van der Waals surface area contributed by atoms with Gasteiger partial charge in [-0.1, -0.05) is 226 Å². The van der Waals surface area contributed by atoms with Crippen LogP contribution in [0.15, 0.2) is 243 Å². The molecule has 8 amide bonds. The Labute approximate surface area is 776 Å². The van der Waals surface area contributed by atoms with Gasteiger partial charge in [-0.25, -0.2) is 14.4 Å². The van der Waals surface area contributed by atoms with Gasteiger partial charge in [0, 0.05) is 18.9 Å². The molecule has 0 spiro atoms. The number of aliphatic hydroxyl groups is 3. The average molecular weight is 1810 g/mol. The second-order valence-electron chi connectivity index (χ2n) is 33.4. The number of likely N-dealkylation sites (tertiary alicyclic amines) is 1. The summed E-state index contributed by atoms with van der Waals surface area (Å²) >= 11 is 0. The van der Waals surface area contributed by atoms with Crippen LogP contribution in [0, 0.1) is 23.7 Å². The molecule has 29 nitrogen and oxygen atoms in total. The number of hydrogen-bond donors (Lipinski definition) is 7. The number of primary amides is 4. The zero-order chi connectivity index (χ0) is 93.8. The van der Waals surface area contributed by atoms with Gasteiger partial charge < -0.3 is 86.4 Å². The topological polar surface area (TPSA) is 460 Å². The van der Waals surface area contributed by atoms with Crippen LogP contribution in [0.4, 0.5) is 0 Å². The van der Waals surface area contributed by atoms with E-state index in [9.17, 15) is 82.8 Å². The molecule has 0 radical (unpaired) electrons. The third kappa shape index (κ3) is 21.7. The number of esters is 3. The molecule has 0 saturated carbocycles. The normalized spacial score (nSPS) is 20.0. The number of carboxylic acid groups (broad SMARTS) is 1. The van der Waals surface area contributed by atoms with Crippen molar-refractivity contribution in [3.63, 3.8) is 0 Å². The number of amides is 8. The molecule has 0 aliphatic carbocycles. The summed E-state index contributed by atoms with van der Waals surface area (Å²) in [5.74, 6) is -8.89. The molecule has 0 aromatic heterocycles. The summed E-state index contributed by atoms with van der Waals surface area (Å²) in [5.41, 5.74) is 28.9. The summed E-state index contributed by atoms with van der Waals surface area (Å²) in [5, 5.41) is 44.4. The van der Waals surface area contributed by atoms with Crippen molar-refractivity contribution in [2.24, 2.45) is 46.6 Å². The number of fused-ring (bicyclic) bond motifs is 3. The Hall–Kier alpha value is -12.4. The van der Waals surface area contributed by atoms with Crippen LogP contribution in [0.25, 0.3) is 16.7 Å². The molecule has 14 rings (SSSR count). The van der Waals surface area contributed by atoms with Gasteiger partial charge in [0.1, 0.15) is 36.6 Å². The molecule has 7 aromatic carbocycles. The van der Waals surface area contributed by atoms with Crippen LogP contribution in [0.1, 0.15) is 103 Å². The Kier molecular flexibility index (Phi) is 33.3. The first-order chi connectivity index (χ1) is 61.4. The van der Waals surface area contributed by atoms with E-state index in [4.69, 9.17) is 41.6 Å². The molecule has 32 heteroatoms. The predicted octanol–water partition coefficient (Wildman–Crippen LogP) is 2.53. The number of Topliss-reactive ketones (excluding diaryl/α,β-unsaturated/α-hetero) is 1. The van der Waals surface area contributed by atoms with Gasteiger partial charge in [-0.05, 0) is 138 Å². The zero-order valence-corrected chi connectivity index (χ0v) is 77.6. The summed E-state index contributed by atoms with van der Waals surface area (Å²) in [6.07, 6.45) is 3.09. The van der Waals surface area contributed by atoms with Crippen molar-refractivity contribution >= 4 is 130 Å². The molecule has 674 valence electrons.